The maximum absolute atomic E-state index is 11.7. The first-order valence-electron chi connectivity index (χ1n) is 6.23. The number of rotatable bonds is 2. The molecule has 0 saturated carbocycles. The largest absolute Gasteiger partial charge is 0.328 e. The van der Waals surface area contributed by atoms with Crippen LogP contribution in [0.5, 0.6) is 0 Å². The molecule has 0 amide bonds. The van der Waals surface area contributed by atoms with Gasteiger partial charge in [0.15, 0.2) is 0 Å². The Hall–Kier alpha value is -1.62. The third-order valence-corrected chi connectivity index (χ3v) is 4.05. The topological polar surface area (TPSA) is 54.9 Å². The maximum atomic E-state index is 11.7. The number of aromatic amines is 1. The van der Waals surface area contributed by atoms with Crippen molar-refractivity contribution in [2.24, 2.45) is 0 Å². The fourth-order valence-corrected chi connectivity index (χ4v) is 2.87. The van der Waals surface area contributed by atoms with E-state index in [2.05, 4.69) is 39.1 Å². The maximum Gasteiger partial charge on any atom is 0.328 e. The highest BCUT2D eigenvalue weighted by molar-refractivity contribution is 9.10. The first-order valence-corrected chi connectivity index (χ1v) is 7.03. The molecule has 1 aliphatic carbocycles. The summed E-state index contributed by atoms with van der Waals surface area (Å²) in [7, 11) is 0. The summed E-state index contributed by atoms with van der Waals surface area (Å²) in [6.45, 7) is 0.474. The molecule has 0 radical (unpaired) electrons. The lowest BCUT2D eigenvalue weighted by Gasteiger charge is -2.07. The van der Waals surface area contributed by atoms with Gasteiger partial charge < -0.3 is 0 Å². The van der Waals surface area contributed by atoms with Gasteiger partial charge in [-0.3, -0.25) is 14.3 Å². The Morgan fingerprint density at radius 3 is 2.84 bits per heavy atom. The van der Waals surface area contributed by atoms with Crippen LogP contribution in [0.4, 0.5) is 0 Å². The molecule has 4 nitrogen and oxygen atoms in total. The van der Waals surface area contributed by atoms with E-state index in [4.69, 9.17) is 0 Å². The van der Waals surface area contributed by atoms with Crippen LogP contribution in [0.2, 0.25) is 0 Å². The molecule has 5 heteroatoms. The second-order valence-corrected chi connectivity index (χ2v) is 5.68. The van der Waals surface area contributed by atoms with Crippen LogP contribution in [0.25, 0.3) is 0 Å². The third kappa shape index (κ3) is 2.42. The molecule has 3 rings (SSSR count). The zero-order chi connectivity index (χ0) is 13.4. The number of nitrogens with zero attached hydrogens (tertiary/aromatic N) is 1. The van der Waals surface area contributed by atoms with E-state index in [0.29, 0.717) is 11.0 Å². The van der Waals surface area contributed by atoms with Crippen molar-refractivity contribution in [3.63, 3.8) is 0 Å². The molecule has 19 heavy (non-hydrogen) atoms. The van der Waals surface area contributed by atoms with Crippen LogP contribution in [-0.2, 0) is 19.4 Å². The smallest absolute Gasteiger partial charge is 0.295 e. The van der Waals surface area contributed by atoms with Gasteiger partial charge in [-0.25, -0.2) is 4.79 Å². The van der Waals surface area contributed by atoms with Gasteiger partial charge in [0.25, 0.3) is 5.56 Å². The van der Waals surface area contributed by atoms with Crippen molar-refractivity contribution in [2.75, 3.05) is 0 Å². The second-order valence-electron chi connectivity index (χ2n) is 4.82. The Bertz CT molecular complexity index is 746. The number of benzene rings is 1. The summed E-state index contributed by atoms with van der Waals surface area (Å²) in [4.78, 5) is 25.3. The first kappa shape index (κ1) is 12.4. The molecule has 1 aromatic carbocycles. The number of nitrogens with one attached hydrogen (secondary N) is 1. The Balaban J connectivity index is 1.95. The van der Waals surface area contributed by atoms with Crippen LogP contribution in [-0.4, -0.2) is 9.55 Å². The van der Waals surface area contributed by atoms with Crippen LogP contribution in [0, 0.1) is 0 Å². The quantitative estimate of drug-likeness (QED) is 0.918. The third-order valence-electron chi connectivity index (χ3n) is 3.48. The number of aromatic nitrogens is 2. The van der Waals surface area contributed by atoms with Crippen molar-refractivity contribution in [3.05, 3.63) is 66.4 Å². The highest BCUT2D eigenvalue weighted by Gasteiger charge is 2.11. The van der Waals surface area contributed by atoms with Crippen molar-refractivity contribution in [1.29, 1.82) is 0 Å². The normalized spacial score (nSPS) is 13.5. The molecular weight excluding hydrogens is 308 g/mol. The number of hydrogen-bond acceptors (Lipinski definition) is 2. The molecule has 0 bridgehead atoms. The Morgan fingerprint density at radius 2 is 2.00 bits per heavy atom. The molecule has 0 aliphatic heterocycles. The van der Waals surface area contributed by atoms with Gasteiger partial charge in [-0.05, 0) is 51.9 Å². The minimum Gasteiger partial charge on any atom is -0.295 e. The highest BCUT2D eigenvalue weighted by atomic mass is 79.9. The molecule has 0 unspecified atom stereocenters. The molecule has 1 aromatic heterocycles. The van der Waals surface area contributed by atoms with Gasteiger partial charge in [-0.2, -0.15) is 0 Å². The summed E-state index contributed by atoms with van der Waals surface area (Å²) in [5, 5.41) is 0. The number of halogens is 1. The van der Waals surface area contributed by atoms with Gasteiger partial charge >= 0.3 is 5.69 Å². The van der Waals surface area contributed by atoms with Crippen LogP contribution < -0.4 is 11.2 Å². The number of H-pyrrole nitrogens is 1. The number of hydrogen-bond donors (Lipinski definition) is 1. The average Bonchev–Trinajstić information content (AvgIpc) is 2.83. The van der Waals surface area contributed by atoms with Crippen molar-refractivity contribution in [2.45, 2.75) is 25.8 Å². The summed E-state index contributed by atoms with van der Waals surface area (Å²) >= 11 is 3.14. The molecule has 0 spiro atoms. The van der Waals surface area contributed by atoms with E-state index in [9.17, 15) is 9.59 Å². The van der Waals surface area contributed by atoms with Crippen LogP contribution in [0.15, 0.2) is 38.5 Å². The molecule has 0 fully saturated rings. The van der Waals surface area contributed by atoms with Gasteiger partial charge in [-0.15, -0.1) is 0 Å². The summed E-state index contributed by atoms with van der Waals surface area (Å²) in [5.41, 5.74) is 3.11. The lowest BCUT2D eigenvalue weighted by Crippen LogP contribution is -2.30. The van der Waals surface area contributed by atoms with E-state index in [-0.39, 0.29) is 5.69 Å². The van der Waals surface area contributed by atoms with Crippen LogP contribution >= 0.6 is 15.9 Å². The van der Waals surface area contributed by atoms with Gasteiger partial charge in [0.2, 0.25) is 0 Å². The van der Waals surface area contributed by atoms with E-state index in [1.807, 2.05) is 0 Å². The van der Waals surface area contributed by atoms with Gasteiger partial charge in [0.1, 0.15) is 0 Å². The number of fused-ring (bicyclic) bond motifs is 1. The summed E-state index contributed by atoms with van der Waals surface area (Å²) < 4.78 is 1.87. The predicted molar refractivity (Wildman–Crippen MR) is 76.6 cm³/mol. The minimum absolute atomic E-state index is 0.369. The molecular formula is C14H13BrN2O2. The average molecular weight is 321 g/mol. The lowest BCUT2D eigenvalue weighted by atomic mass is 10.1. The zero-order valence-corrected chi connectivity index (χ0v) is 11.9. The van der Waals surface area contributed by atoms with Gasteiger partial charge in [-0.1, -0.05) is 18.2 Å². The summed E-state index contributed by atoms with van der Waals surface area (Å²) in [5.74, 6) is 0. The molecule has 1 heterocycles. The van der Waals surface area contributed by atoms with Crippen LogP contribution in [0.1, 0.15) is 23.1 Å². The van der Waals surface area contributed by atoms with Gasteiger partial charge in [0.05, 0.1) is 11.0 Å². The van der Waals surface area contributed by atoms with Crippen molar-refractivity contribution < 1.29 is 0 Å². The monoisotopic (exact) mass is 320 g/mol. The first-order chi connectivity index (χ1) is 9.13. The highest BCUT2D eigenvalue weighted by Crippen LogP contribution is 2.23. The SMILES string of the molecule is O=c1[nH]c(=O)n(Cc2ccc3c(c2)CCC3)cc1Br. The van der Waals surface area contributed by atoms with E-state index in [0.717, 1.165) is 18.4 Å². The predicted octanol–water partition coefficient (Wildman–Crippen LogP) is 1.84. The Kier molecular flexibility index (Phi) is 3.14. The molecule has 2 aromatic rings. The Labute approximate surface area is 118 Å². The van der Waals surface area contributed by atoms with Crippen molar-refractivity contribution in [3.8, 4) is 0 Å². The fourth-order valence-electron chi connectivity index (χ4n) is 2.52. The van der Waals surface area contributed by atoms with E-state index in [1.165, 1.54) is 28.3 Å². The standard InChI is InChI=1S/C14H13BrN2O2/c15-12-8-17(14(19)16-13(12)18)7-9-4-5-10-2-1-3-11(10)6-9/h4-6,8H,1-3,7H2,(H,16,18,19). The fraction of sp³-hybridized carbons (Fsp3) is 0.286. The van der Waals surface area contributed by atoms with E-state index >= 15 is 0 Å². The molecule has 98 valence electrons. The minimum atomic E-state index is -0.393. The lowest BCUT2D eigenvalue weighted by molar-refractivity contribution is 0.715. The van der Waals surface area contributed by atoms with Crippen LogP contribution in [0.3, 0.4) is 0 Å². The number of aryl methyl sites for hydroxylation is 2. The molecule has 1 aliphatic rings. The molecule has 1 N–H and O–H groups in total. The van der Waals surface area contributed by atoms with E-state index < -0.39 is 5.56 Å². The van der Waals surface area contributed by atoms with Crippen molar-refractivity contribution in [1.82, 2.24) is 9.55 Å². The molecule has 0 atom stereocenters. The summed E-state index contributed by atoms with van der Waals surface area (Å²) in [6.07, 6.45) is 5.02. The van der Waals surface area contributed by atoms with E-state index in [1.54, 1.807) is 0 Å². The van der Waals surface area contributed by atoms with Crippen molar-refractivity contribution >= 4 is 15.9 Å². The molecule has 0 saturated heterocycles. The summed E-state index contributed by atoms with van der Waals surface area (Å²) in [6, 6.07) is 6.35. The Morgan fingerprint density at radius 1 is 1.21 bits per heavy atom. The second kappa shape index (κ2) is 4.81. The zero-order valence-electron chi connectivity index (χ0n) is 10.3. The van der Waals surface area contributed by atoms with Gasteiger partial charge in [0, 0.05) is 6.20 Å².